The summed E-state index contributed by atoms with van der Waals surface area (Å²) in [6.45, 7) is 6.59. The van der Waals surface area contributed by atoms with E-state index in [4.69, 9.17) is 4.74 Å². The van der Waals surface area contributed by atoms with Crippen molar-refractivity contribution in [3.63, 3.8) is 0 Å². The van der Waals surface area contributed by atoms with Gasteiger partial charge >= 0.3 is 0 Å². The highest BCUT2D eigenvalue weighted by Gasteiger charge is 2.39. The van der Waals surface area contributed by atoms with Crippen LogP contribution in [0.1, 0.15) is 33.4 Å². The summed E-state index contributed by atoms with van der Waals surface area (Å²) in [5, 5.41) is 11.7. The zero-order valence-corrected chi connectivity index (χ0v) is 12.5. The summed E-state index contributed by atoms with van der Waals surface area (Å²) >= 11 is 0. The highest BCUT2D eigenvalue weighted by atomic mass is 16.6. The fraction of sp³-hybridized carbons (Fsp3) is 0.500. The number of nitro benzene ring substituents is 1. The molecule has 1 aromatic heterocycles. The third kappa shape index (κ3) is 2.21. The number of non-ortho nitro benzene ring substituents is 1. The smallest absolute Gasteiger partial charge is 0.270 e. The Bertz CT molecular complexity index is 679. The minimum atomic E-state index is -0.360. The largest absolute Gasteiger partial charge is 0.354 e. The standard InChI is InChI=1S/C16H20N2O3/c1-4-15-10(2)11(3)16(21-15)17-8-7-12-9-13(18(19)20)5-6-14(12)17/h5-11,15-16H,4H2,1-3H3/t10-,11?,15-,16-/m1/s1. The van der Waals surface area contributed by atoms with Crippen LogP contribution in [-0.4, -0.2) is 15.6 Å². The van der Waals surface area contributed by atoms with E-state index < -0.39 is 0 Å². The third-order valence-electron chi connectivity index (χ3n) is 4.77. The molecule has 0 aliphatic carbocycles. The Morgan fingerprint density at radius 1 is 1.29 bits per heavy atom. The van der Waals surface area contributed by atoms with Crippen LogP contribution in [0.15, 0.2) is 30.5 Å². The molecule has 4 atom stereocenters. The third-order valence-corrected chi connectivity index (χ3v) is 4.77. The first-order valence-corrected chi connectivity index (χ1v) is 7.43. The van der Waals surface area contributed by atoms with Crippen molar-refractivity contribution in [2.75, 3.05) is 0 Å². The van der Waals surface area contributed by atoms with Gasteiger partial charge in [0.1, 0.15) is 6.23 Å². The molecule has 5 nitrogen and oxygen atoms in total. The fourth-order valence-corrected chi connectivity index (χ4v) is 3.30. The summed E-state index contributed by atoms with van der Waals surface area (Å²) in [6, 6.07) is 6.90. The van der Waals surface area contributed by atoms with E-state index in [0.717, 1.165) is 17.3 Å². The fourth-order valence-electron chi connectivity index (χ4n) is 3.30. The van der Waals surface area contributed by atoms with Crippen LogP contribution in [0.5, 0.6) is 0 Å². The van der Waals surface area contributed by atoms with Gasteiger partial charge in [-0.15, -0.1) is 0 Å². The van der Waals surface area contributed by atoms with Crippen LogP contribution in [0.2, 0.25) is 0 Å². The summed E-state index contributed by atoms with van der Waals surface area (Å²) in [4.78, 5) is 10.5. The lowest BCUT2D eigenvalue weighted by Gasteiger charge is -2.19. The predicted molar refractivity (Wildman–Crippen MR) is 81.1 cm³/mol. The van der Waals surface area contributed by atoms with Gasteiger partial charge in [0.05, 0.1) is 16.5 Å². The van der Waals surface area contributed by atoms with Crippen LogP contribution in [0.3, 0.4) is 0 Å². The summed E-state index contributed by atoms with van der Waals surface area (Å²) in [5.41, 5.74) is 1.11. The summed E-state index contributed by atoms with van der Waals surface area (Å²) in [5.74, 6) is 0.927. The lowest BCUT2D eigenvalue weighted by molar-refractivity contribution is -0.384. The minimum absolute atomic E-state index is 0.00362. The SMILES string of the molecule is CC[C@H]1O[C@@H](n2ccc3cc([N+](=O)[O-])ccc32)C(C)[C@H]1C. The number of aromatic nitrogens is 1. The Balaban J connectivity index is 2.00. The lowest BCUT2D eigenvalue weighted by atomic mass is 9.91. The maximum Gasteiger partial charge on any atom is 0.270 e. The Morgan fingerprint density at radius 3 is 2.67 bits per heavy atom. The maximum absolute atomic E-state index is 10.9. The summed E-state index contributed by atoms with van der Waals surface area (Å²) in [6.07, 6.45) is 3.26. The number of nitro groups is 1. The zero-order chi connectivity index (χ0) is 15.1. The van der Waals surface area contributed by atoms with Crippen molar-refractivity contribution in [1.82, 2.24) is 4.57 Å². The molecule has 2 aromatic rings. The Morgan fingerprint density at radius 2 is 2.05 bits per heavy atom. The second-order valence-corrected chi connectivity index (χ2v) is 5.91. The van der Waals surface area contributed by atoms with E-state index in [-0.39, 0.29) is 22.9 Å². The van der Waals surface area contributed by atoms with E-state index >= 15 is 0 Å². The lowest BCUT2D eigenvalue weighted by Crippen LogP contribution is -2.15. The molecule has 1 aliphatic heterocycles. The number of ether oxygens (including phenoxy) is 1. The first kappa shape index (κ1) is 14.1. The normalized spacial score (nSPS) is 29.1. The average molecular weight is 288 g/mol. The molecule has 112 valence electrons. The molecule has 0 spiro atoms. The van der Waals surface area contributed by atoms with Crippen molar-refractivity contribution in [3.05, 3.63) is 40.6 Å². The molecule has 1 aromatic carbocycles. The van der Waals surface area contributed by atoms with Gasteiger partial charge in [0.15, 0.2) is 0 Å². The van der Waals surface area contributed by atoms with Crippen LogP contribution in [-0.2, 0) is 4.74 Å². The summed E-state index contributed by atoms with van der Waals surface area (Å²) in [7, 11) is 0. The number of hydrogen-bond donors (Lipinski definition) is 0. The zero-order valence-electron chi connectivity index (χ0n) is 12.5. The van der Waals surface area contributed by atoms with Crippen molar-refractivity contribution < 1.29 is 9.66 Å². The van der Waals surface area contributed by atoms with Crippen molar-refractivity contribution >= 4 is 16.6 Å². The molecule has 1 fully saturated rings. The molecule has 0 amide bonds. The van der Waals surface area contributed by atoms with Crippen molar-refractivity contribution in [3.8, 4) is 0 Å². The number of benzene rings is 1. The molecule has 0 saturated carbocycles. The van der Waals surface area contributed by atoms with Gasteiger partial charge in [-0.3, -0.25) is 10.1 Å². The Hall–Kier alpha value is -1.88. The van der Waals surface area contributed by atoms with Gasteiger partial charge in [0.2, 0.25) is 0 Å². The van der Waals surface area contributed by atoms with Gasteiger partial charge < -0.3 is 9.30 Å². The topological polar surface area (TPSA) is 57.3 Å². The molecule has 1 unspecified atom stereocenters. The molecule has 1 saturated heterocycles. The highest BCUT2D eigenvalue weighted by Crippen LogP contribution is 2.41. The van der Waals surface area contributed by atoms with Crippen LogP contribution >= 0.6 is 0 Å². The van der Waals surface area contributed by atoms with Crippen molar-refractivity contribution in [2.24, 2.45) is 11.8 Å². The molecule has 1 aliphatic rings. The monoisotopic (exact) mass is 288 g/mol. The quantitative estimate of drug-likeness (QED) is 0.630. The van der Waals surface area contributed by atoms with Crippen LogP contribution in [0, 0.1) is 22.0 Å². The van der Waals surface area contributed by atoms with Gasteiger partial charge in [-0.05, 0) is 24.5 Å². The van der Waals surface area contributed by atoms with E-state index in [1.165, 1.54) is 0 Å². The Labute approximate surface area is 123 Å². The first-order valence-electron chi connectivity index (χ1n) is 7.43. The molecule has 2 heterocycles. The summed E-state index contributed by atoms with van der Waals surface area (Å²) < 4.78 is 8.30. The van der Waals surface area contributed by atoms with Gasteiger partial charge in [-0.25, -0.2) is 0 Å². The number of fused-ring (bicyclic) bond motifs is 1. The van der Waals surface area contributed by atoms with Crippen molar-refractivity contribution in [2.45, 2.75) is 39.5 Å². The Kier molecular flexibility index (Phi) is 3.45. The molecular formula is C16H20N2O3. The first-order chi connectivity index (χ1) is 10.0. The molecule has 0 bridgehead atoms. The van der Waals surface area contributed by atoms with E-state index in [9.17, 15) is 10.1 Å². The van der Waals surface area contributed by atoms with E-state index in [0.29, 0.717) is 11.8 Å². The molecule has 21 heavy (non-hydrogen) atoms. The minimum Gasteiger partial charge on any atom is -0.354 e. The number of rotatable bonds is 3. The van der Waals surface area contributed by atoms with Crippen molar-refractivity contribution in [1.29, 1.82) is 0 Å². The van der Waals surface area contributed by atoms with E-state index in [1.807, 2.05) is 18.3 Å². The van der Waals surface area contributed by atoms with Crippen LogP contribution < -0.4 is 0 Å². The second kappa shape index (κ2) is 5.15. The molecule has 3 rings (SSSR count). The second-order valence-electron chi connectivity index (χ2n) is 5.91. The van der Waals surface area contributed by atoms with E-state index in [1.54, 1.807) is 12.1 Å². The van der Waals surface area contributed by atoms with Crippen LogP contribution in [0.25, 0.3) is 10.9 Å². The molecule has 5 heteroatoms. The van der Waals surface area contributed by atoms with E-state index in [2.05, 4.69) is 25.3 Å². The number of hydrogen-bond acceptors (Lipinski definition) is 3. The molecule has 0 N–H and O–H groups in total. The van der Waals surface area contributed by atoms with Gasteiger partial charge in [0.25, 0.3) is 5.69 Å². The maximum atomic E-state index is 10.9. The van der Waals surface area contributed by atoms with Gasteiger partial charge in [0, 0.05) is 29.6 Å². The average Bonchev–Trinajstić information content (AvgIpc) is 3.01. The molecular weight excluding hydrogens is 268 g/mol. The number of nitrogens with zero attached hydrogens (tertiary/aromatic N) is 2. The highest BCUT2D eigenvalue weighted by molar-refractivity contribution is 5.82. The van der Waals surface area contributed by atoms with Gasteiger partial charge in [-0.2, -0.15) is 0 Å². The predicted octanol–water partition coefficient (Wildman–Crippen LogP) is 4.13. The van der Waals surface area contributed by atoms with Gasteiger partial charge in [-0.1, -0.05) is 20.8 Å². The van der Waals surface area contributed by atoms with Crippen LogP contribution in [0.4, 0.5) is 5.69 Å². The molecule has 0 radical (unpaired) electrons.